The first-order valence-corrected chi connectivity index (χ1v) is 10.7. The van der Waals surface area contributed by atoms with E-state index in [1.807, 2.05) is 13.8 Å². The SMILES string of the molecule is Cc1nn([C@H]2CCS(=O)(=O)C2)c(C)c1CN(C)c1ccc(Cl)cc1[N+](=O)[O-]. The number of nitrogens with zero attached hydrogens (tertiary/aromatic N) is 4. The first-order chi connectivity index (χ1) is 12.6. The number of nitro groups is 1. The Morgan fingerprint density at radius 3 is 2.70 bits per heavy atom. The Morgan fingerprint density at radius 1 is 1.41 bits per heavy atom. The largest absolute Gasteiger partial charge is 0.365 e. The van der Waals surface area contributed by atoms with E-state index < -0.39 is 14.8 Å². The molecular weight excluding hydrogens is 392 g/mol. The van der Waals surface area contributed by atoms with E-state index in [1.165, 1.54) is 6.07 Å². The molecule has 1 aliphatic rings. The molecule has 1 saturated heterocycles. The molecule has 0 bridgehead atoms. The van der Waals surface area contributed by atoms with Crippen molar-refractivity contribution in [3.05, 3.63) is 50.3 Å². The number of benzene rings is 1. The van der Waals surface area contributed by atoms with Gasteiger partial charge in [0.1, 0.15) is 5.69 Å². The van der Waals surface area contributed by atoms with Crippen molar-refractivity contribution in [2.45, 2.75) is 32.9 Å². The van der Waals surface area contributed by atoms with E-state index in [2.05, 4.69) is 5.10 Å². The van der Waals surface area contributed by atoms with Crippen LogP contribution in [-0.2, 0) is 16.4 Å². The molecule has 1 aliphatic heterocycles. The maximum Gasteiger partial charge on any atom is 0.294 e. The Labute approximate surface area is 162 Å². The van der Waals surface area contributed by atoms with Crippen molar-refractivity contribution < 1.29 is 13.3 Å². The van der Waals surface area contributed by atoms with Gasteiger partial charge in [-0.25, -0.2) is 8.42 Å². The molecule has 1 aromatic carbocycles. The predicted molar refractivity (Wildman–Crippen MR) is 104 cm³/mol. The van der Waals surface area contributed by atoms with E-state index in [0.717, 1.165) is 17.0 Å². The molecule has 0 aliphatic carbocycles. The van der Waals surface area contributed by atoms with Crippen molar-refractivity contribution in [3.63, 3.8) is 0 Å². The maximum atomic E-state index is 11.8. The quantitative estimate of drug-likeness (QED) is 0.552. The van der Waals surface area contributed by atoms with E-state index in [1.54, 1.807) is 28.8 Å². The summed E-state index contributed by atoms with van der Waals surface area (Å²) in [6, 6.07) is 4.42. The first-order valence-electron chi connectivity index (χ1n) is 8.49. The average molecular weight is 413 g/mol. The fourth-order valence-electron chi connectivity index (χ4n) is 3.54. The van der Waals surface area contributed by atoms with Gasteiger partial charge in [0.2, 0.25) is 0 Å². The molecule has 8 nitrogen and oxygen atoms in total. The Balaban J connectivity index is 1.90. The van der Waals surface area contributed by atoms with Gasteiger partial charge in [-0.1, -0.05) is 11.6 Å². The second kappa shape index (κ2) is 7.12. The van der Waals surface area contributed by atoms with Crippen molar-refractivity contribution >= 4 is 32.8 Å². The molecule has 0 unspecified atom stereocenters. The normalized spacial score (nSPS) is 18.6. The van der Waals surface area contributed by atoms with Crippen LogP contribution in [0.3, 0.4) is 0 Å². The van der Waals surface area contributed by atoms with Gasteiger partial charge in [0.05, 0.1) is 28.2 Å². The fourth-order valence-corrected chi connectivity index (χ4v) is 5.40. The van der Waals surface area contributed by atoms with Crippen LogP contribution < -0.4 is 4.90 Å². The van der Waals surface area contributed by atoms with Crippen molar-refractivity contribution in [1.29, 1.82) is 0 Å². The summed E-state index contributed by atoms with van der Waals surface area (Å²) in [6.45, 7) is 4.19. The highest BCUT2D eigenvalue weighted by Crippen LogP contribution is 2.32. The second-order valence-electron chi connectivity index (χ2n) is 6.90. The van der Waals surface area contributed by atoms with Gasteiger partial charge >= 0.3 is 0 Å². The molecule has 2 heterocycles. The summed E-state index contributed by atoms with van der Waals surface area (Å²) >= 11 is 5.89. The van der Waals surface area contributed by atoms with Crippen molar-refractivity contribution in [2.75, 3.05) is 23.5 Å². The summed E-state index contributed by atoms with van der Waals surface area (Å²) in [6.07, 6.45) is 0.558. The summed E-state index contributed by atoms with van der Waals surface area (Å²) in [5.41, 5.74) is 3.01. The molecule has 0 radical (unpaired) electrons. The van der Waals surface area contributed by atoms with Gasteiger partial charge in [-0.15, -0.1) is 0 Å². The molecule has 0 N–H and O–H groups in total. The van der Waals surface area contributed by atoms with Crippen LogP contribution in [0.2, 0.25) is 5.02 Å². The highest BCUT2D eigenvalue weighted by molar-refractivity contribution is 7.91. The molecule has 10 heteroatoms. The molecule has 1 fully saturated rings. The third-order valence-corrected chi connectivity index (χ3v) is 6.96. The number of anilines is 1. The zero-order chi connectivity index (χ0) is 19.9. The van der Waals surface area contributed by atoms with Crippen LogP contribution in [0.5, 0.6) is 0 Å². The van der Waals surface area contributed by atoms with Gasteiger partial charge in [0.25, 0.3) is 5.69 Å². The van der Waals surface area contributed by atoms with Crippen LogP contribution in [0.4, 0.5) is 11.4 Å². The average Bonchev–Trinajstić information content (AvgIpc) is 3.08. The highest BCUT2D eigenvalue weighted by Gasteiger charge is 2.31. The lowest BCUT2D eigenvalue weighted by atomic mass is 10.1. The van der Waals surface area contributed by atoms with Gasteiger partial charge in [0.15, 0.2) is 9.84 Å². The summed E-state index contributed by atoms with van der Waals surface area (Å²) in [4.78, 5) is 12.7. The zero-order valence-corrected chi connectivity index (χ0v) is 16.9. The van der Waals surface area contributed by atoms with Crippen LogP contribution in [0.15, 0.2) is 18.2 Å². The molecular formula is C17H21ClN4O4S. The number of nitro benzene ring substituents is 1. The van der Waals surface area contributed by atoms with E-state index >= 15 is 0 Å². The number of aryl methyl sites for hydroxylation is 1. The Bertz CT molecular complexity index is 1000. The molecule has 3 rings (SSSR count). The highest BCUT2D eigenvalue weighted by atomic mass is 35.5. The van der Waals surface area contributed by atoms with Crippen LogP contribution in [0, 0.1) is 24.0 Å². The lowest BCUT2D eigenvalue weighted by molar-refractivity contribution is -0.384. The Kier molecular flexibility index (Phi) is 5.18. The minimum Gasteiger partial charge on any atom is -0.365 e. The van der Waals surface area contributed by atoms with E-state index in [0.29, 0.717) is 23.7 Å². The summed E-state index contributed by atoms with van der Waals surface area (Å²) in [7, 11) is -1.24. The molecule has 27 heavy (non-hydrogen) atoms. The summed E-state index contributed by atoms with van der Waals surface area (Å²) in [5, 5.41) is 16.2. The van der Waals surface area contributed by atoms with E-state index in [9.17, 15) is 18.5 Å². The topological polar surface area (TPSA) is 98.3 Å². The molecule has 1 aromatic heterocycles. The van der Waals surface area contributed by atoms with Crippen LogP contribution >= 0.6 is 11.6 Å². The van der Waals surface area contributed by atoms with Gasteiger partial charge in [-0.05, 0) is 32.4 Å². The Hall–Kier alpha value is -2.13. The fraction of sp³-hybridized carbons (Fsp3) is 0.471. The van der Waals surface area contributed by atoms with Crippen LogP contribution in [0.1, 0.15) is 29.4 Å². The third kappa shape index (κ3) is 3.93. The summed E-state index contributed by atoms with van der Waals surface area (Å²) in [5.74, 6) is 0.287. The van der Waals surface area contributed by atoms with E-state index in [-0.39, 0.29) is 23.2 Å². The molecule has 0 amide bonds. The maximum absolute atomic E-state index is 11.8. The van der Waals surface area contributed by atoms with Crippen molar-refractivity contribution in [3.8, 4) is 0 Å². The molecule has 0 spiro atoms. The molecule has 2 aromatic rings. The molecule has 1 atom stereocenters. The van der Waals surface area contributed by atoms with Gasteiger partial charge in [-0.3, -0.25) is 14.8 Å². The first kappa shape index (κ1) is 19.6. The minimum absolute atomic E-state index is 0.0606. The number of rotatable bonds is 5. The molecule has 146 valence electrons. The van der Waals surface area contributed by atoms with Crippen LogP contribution in [0.25, 0.3) is 0 Å². The van der Waals surface area contributed by atoms with E-state index in [4.69, 9.17) is 11.6 Å². The Morgan fingerprint density at radius 2 is 2.11 bits per heavy atom. The number of hydrogen-bond acceptors (Lipinski definition) is 6. The van der Waals surface area contributed by atoms with Gasteiger partial charge < -0.3 is 4.90 Å². The van der Waals surface area contributed by atoms with Gasteiger partial charge in [-0.2, -0.15) is 5.10 Å². The monoisotopic (exact) mass is 412 g/mol. The number of sulfone groups is 1. The van der Waals surface area contributed by atoms with Crippen LogP contribution in [-0.4, -0.2) is 41.7 Å². The standard InChI is InChI=1S/C17H21ClN4O4S/c1-11-15(12(2)21(19-11)14-6-7-27(25,26)10-14)9-20(3)16-5-4-13(18)8-17(16)22(23)24/h4-5,8,14H,6-7,9-10H2,1-3H3/t14-/m0/s1. The number of halogens is 1. The van der Waals surface area contributed by atoms with Crippen molar-refractivity contribution in [1.82, 2.24) is 9.78 Å². The summed E-state index contributed by atoms with van der Waals surface area (Å²) < 4.78 is 25.4. The predicted octanol–water partition coefficient (Wildman–Crippen LogP) is 3.06. The lowest BCUT2D eigenvalue weighted by Gasteiger charge is -2.20. The molecule has 0 saturated carbocycles. The number of aromatic nitrogens is 2. The smallest absolute Gasteiger partial charge is 0.294 e. The zero-order valence-electron chi connectivity index (χ0n) is 15.3. The minimum atomic E-state index is -3.01. The third-order valence-electron chi connectivity index (χ3n) is 4.97. The number of hydrogen-bond donors (Lipinski definition) is 0. The van der Waals surface area contributed by atoms with Crippen molar-refractivity contribution in [2.24, 2.45) is 0 Å². The lowest BCUT2D eigenvalue weighted by Crippen LogP contribution is -2.19. The second-order valence-corrected chi connectivity index (χ2v) is 9.56. The van der Waals surface area contributed by atoms with Gasteiger partial charge in [0, 0.05) is 35.9 Å².